The van der Waals surface area contributed by atoms with Crippen molar-refractivity contribution in [2.45, 2.75) is 56.9 Å². The molecule has 2 aromatic rings. The summed E-state index contributed by atoms with van der Waals surface area (Å²) < 4.78 is 84.8. The summed E-state index contributed by atoms with van der Waals surface area (Å²) in [6.07, 6.45) is -6.31. The van der Waals surface area contributed by atoms with Crippen LogP contribution >= 0.6 is 0 Å². The zero-order valence-corrected chi connectivity index (χ0v) is 21.0. The Morgan fingerprint density at radius 2 is 1.54 bits per heavy atom. The monoisotopic (exact) mass is 552 g/mol. The fourth-order valence-electron chi connectivity index (χ4n) is 5.31. The van der Waals surface area contributed by atoms with Crippen LogP contribution in [0.5, 0.6) is 0 Å². The lowest BCUT2D eigenvalue weighted by atomic mass is 9.84. The first-order chi connectivity index (χ1) is 18.3. The summed E-state index contributed by atoms with van der Waals surface area (Å²) in [5.41, 5.74) is -7.13. The van der Waals surface area contributed by atoms with Gasteiger partial charge in [-0.05, 0) is 43.9 Å². The largest absolute Gasteiger partial charge is 0.425 e. The average Bonchev–Trinajstić information content (AvgIpc) is 3.10. The van der Waals surface area contributed by atoms with Gasteiger partial charge in [-0.2, -0.15) is 26.3 Å². The first-order valence-corrected chi connectivity index (χ1v) is 12.5. The molecule has 1 N–H and O–H groups in total. The molecule has 2 amide bonds. The lowest BCUT2D eigenvalue weighted by Crippen LogP contribution is -2.66. The van der Waals surface area contributed by atoms with Crippen LogP contribution < -0.4 is 5.32 Å². The molecule has 1 unspecified atom stereocenters. The smallest absolute Gasteiger partial charge is 0.326 e. The van der Waals surface area contributed by atoms with Gasteiger partial charge in [-0.3, -0.25) is 14.4 Å². The van der Waals surface area contributed by atoms with Gasteiger partial charge in [-0.1, -0.05) is 55.7 Å². The summed E-state index contributed by atoms with van der Waals surface area (Å²) in [6.45, 7) is 1.15. The Hall–Kier alpha value is -3.63. The van der Waals surface area contributed by atoms with Gasteiger partial charge in [-0.15, -0.1) is 0 Å². The van der Waals surface area contributed by atoms with Gasteiger partial charge in [-0.25, -0.2) is 0 Å². The Balaban J connectivity index is 1.84. The highest BCUT2D eigenvalue weighted by Crippen LogP contribution is 2.46. The second-order valence-electron chi connectivity index (χ2n) is 9.86. The lowest BCUT2D eigenvalue weighted by Gasteiger charge is -2.34. The summed E-state index contributed by atoms with van der Waals surface area (Å²) in [5.74, 6) is -4.35. The van der Waals surface area contributed by atoms with Crippen molar-refractivity contribution in [3.05, 3.63) is 82.6 Å². The molecule has 1 fully saturated rings. The molecule has 5 nitrogen and oxygen atoms in total. The minimum atomic E-state index is -5.50. The molecule has 0 bridgehead atoms. The molecule has 1 heterocycles. The number of allylic oxidation sites excluding steroid dienone is 1. The number of benzene rings is 2. The van der Waals surface area contributed by atoms with E-state index in [0.29, 0.717) is 25.0 Å². The molecular formula is C28H26F6N2O3. The van der Waals surface area contributed by atoms with Gasteiger partial charge in [0.25, 0.3) is 11.8 Å². The van der Waals surface area contributed by atoms with E-state index in [9.17, 15) is 27.6 Å². The Kier molecular flexibility index (Phi) is 7.64. The molecule has 1 atom stereocenters. The van der Waals surface area contributed by atoms with E-state index in [1.54, 1.807) is 11.4 Å². The number of carbonyl (C=O) groups excluding carboxylic acids is 3. The molecule has 208 valence electrons. The summed E-state index contributed by atoms with van der Waals surface area (Å²) in [6, 6.07) is 9.85. The van der Waals surface area contributed by atoms with Crippen molar-refractivity contribution < 1.29 is 40.7 Å². The number of alkyl halides is 6. The zero-order valence-electron chi connectivity index (χ0n) is 21.0. The number of hydrogen-bond donors (Lipinski definition) is 1. The Morgan fingerprint density at radius 3 is 2.13 bits per heavy atom. The molecule has 0 aromatic heterocycles. The van der Waals surface area contributed by atoms with Gasteiger partial charge >= 0.3 is 12.4 Å². The van der Waals surface area contributed by atoms with Crippen molar-refractivity contribution in [2.75, 3.05) is 6.54 Å². The van der Waals surface area contributed by atoms with Gasteiger partial charge in [0.15, 0.2) is 5.78 Å². The molecule has 0 radical (unpaired) electrons. The predicted octanol–water partition coefficient (Wildman–Crippen LogP) is 6.32. The zero-order chi connectivity index (χ0) is 28.6. The Morgan fingerprint density at radius 1 is 0.923 bits per heavy atom. The molecule has 39 heavy (non-hydrogen) atoms. The van der Waals surface area contributed by atoms with Crippen LogP contribution in [0.15, 0.2) is 65.9 Å². The maximum absolute atomic E-state index is 15.0. The number of amides is 2. The summed E-state index contributed by atoms with van der Waals surface area (Å²) in [5, 5.41) is 1.67. The van der Waals surface area contributed by atoms with E-state index in [1.165, 1.54) is 31.2 Å². The van der Waals surface area contributed by atoms with Crippen molar-refractivity contribution >= 4 is 17.6 Å². The van der Waals surface area contributed by atoms with Gasteiger partial charge in [0.1, 0.15) is 0 Å². The number of nitrogens with zero attached hydrogens (tertiary/aromatic N) is 1. The van der Waals surface area contributed by atoms with Crippen molar-refractivity contribution in [3.63, 3.8) is 0 Å². The second kappa shape index (κ2) is 10.5. The minimum Gasteiger partial charge on any atom is -0.326 e. The van der Waals surface area contributed by atoms with E-state index in [0.717, 1.165) is 36.3 Å². The molecular weight excluding hydrogens is 526 g/mol. The molecule has 1 aliphatic heterocycles. The van der Waals surface area contributed by atoms with Crippen molar-refractivity contribution in [1.29, 1.82) is 0 Å². The van der Waals surface area contributed by atoms with Crippen LogP contribution in [-0.2, 0) is 11.0 Å². The van der Waals surface area contributed by atoms with E-state index >= 15 is 13.2 Å². The van der Waals surface area contributed by atoms with E-state index in [-0.39, 0.29) is 23.7 Å². The number of carbonyl (C=O) groups is 3. The van der Waals surface area contributed by atoms with Crippen LogP contribution in [-0.4, -0.2) is 40.8 Å². The fourth-order valence-corrected chi connectivity index (χ4v) is 5.31. The molecule has 2 aromatic carbocycles. The highest BCUT2D eigenvalue weighted by atomic mass is 19.4. The third kappa shape index (κ3) is 5.31. The highest BCUT2D eigenvalue weighted by molar-refractivity contribution is 6.19. The Labute approximate surface area is 220 Å². The van der Waals surface area contributed by atoms with Gasteiger partial charge in [0.05, 0.1) is 11.1 Å². The summed E-state index contributed by atoms with van der Waals surface area (Å²) in [7, 11) is 0. The average molecular weight is 553 g/mol. The normalized spacial score (nSPS) is 20.9. The third-order valence-electron chi connectivity index (χ3n) is 7.31. The molecule has 4 rings (SSSR count). The number of nitrogens with one attached hydrogen (secondary N) is 1. The maximum Gasteiger partial charge on any atom is 0.425 e. The van der Waals surface area contributed by atoms with E-state index in [1.807, 2.05) is 0 Å². The van der Waals surface area contributed by atoms with Gasteiger partial charge in [0.2, 0.25) is 5.54 Å². The van der Waals surface area contributed by atoms with Crippen molar-refractivity contribution in [3.8, 4) is 0 Å². The molecule has 1 saturated carbocycles. The second-order valence-corrected chi connectivity index (χ2v) is 9.86. The number of hydrogen-bond acceptors (Lipinski definition) is 3. The first kappa shape index (κ1) is 28.4. The van der Waals surface area contributed by atoms with Crippen LogP contribution in [0.1, 0.15) is 65.3 Å². The standard InChI is InChI=1S/C28H26F6N2O3/c1-17-22(23(37)19-11-6-3-7-12-19)26(28(32,33)34,25(39)36(17)16-18-9-4-2-5-10-18)35-24(38)20-13-8-14-21(15-20)27(29,30)31/h3,6-8,11-15,18H,2,4-5,9-10,16H2,1H3,(H,35,38). The maximum atomic E-state index is 15.0. The SMILES string of the molecule is CC1=C(C(=O)c2ccccc2)C(NC(=O)c2cccc(C(F)(F)F)c2)(C(F)(F)F)C(=O)N1CC1CCCCC1. The minimum absolute atomic E-state index is 0.0759. The highest BCUT2D eigenvalue weighted by Gasteiger charge is 2.70. The van der Waals surface area contributed by atoms with Crippen LogP contribution in [0.25, 0.3) is 0 Å². The Bertz CT molecular complexity index is 1300. The quantitative estimate of drug-likeness (QED) is 0.337. The predicted molar refractivity (Wildman–Crippen MR) is 129 cm³/mol. The van der Waals surface area contributed by atoms with Crippen LogP contribution in [0, 0.1) is 5.92 Å². The van der Waals surface area contributed by atoms with E-state index in [2.05, 4.69) is 0 Å². The summed E-state index contributed by atoms with van der Waals surface area (Å²) in [4.78, 5) is 41.3. The molecule has 0 spiro atoms. The number of rotatable bonds is 6. The van der Waals surface area contributed by atoms with Crippen LogP contribution in [0.3, 0.4) is 0 Å². The first-order valence-electron chi connectivity index (χ1n) is 12.5. The molecule has 0 saturated heterocycles. The van der Waals surface area contributed by atoms with E-state index < -0.39 is 52.2 Å². The lowest BCUT2D eigenvalue weighted by molar-refractivity contribution is -0.189. The number of halogens is 6. The molecule has 11 heteroatoms. The van der Waals surface area contributed by atoms with E-state index in [4.69, 9.17) is 0 Å². The van der Waals surface area contributed by atoms with Crippen molar-refractivity contribution in [2.24, 2.45) is 5.92 Å². The fraction of sp³-hybridized carbons (Fsp3) is 0.393. The molecule has 2 aliphatic rings. The van der Waals surface area contributed by atoms with Crippen molar-refractivity contribution in [1.82, 2.24) is 10.2 Å². The third-order valence-corrected chi connectivity index (χ3v) is 7.31. The number of Topliss-reactive ketones (excluding diaryl/α,β-unsaturated/α-hetero) is 1. The van der Waals surface area contributed by atoms with Gasteiger partial charge < -0.3 is 10.2 Å². The number of ketones is 1. The van der Waals surface area contributed by atoms with Crippen LogP contribution in [0.2, 0.25) is 0 Å². The van der Waals surface area contributed by atoms with Gasteiger partial charge in [0, 0.05) is 23.4 Å². The topological polar surface area (TPSA) is 66.5 Å². The summed E-state index contributed by atoms with van der Waals surface area (Å²) >= 11 is 0. The van der Waals surface area contributed by atoms with Crippen LogP contribution in [0.4, 0.5) is 26.3 Å². The molecule has 1 aliphatic carbocycles.